The van der Waals surface area contributed by atoms with Crippen LogP contribution in [0.15, 0.2) is 48.7 Å². The third kappa shape index (κ3) is 5.58. The predicted octanol–water partition coefficient (Wildman–Crippen LogP) is 5.24. The number of thiazole rings is 1. The third-order valence-electron chi connectivity index (χ3n) is 3.92. The summed E-state index contributed by atoms with van der Waals surface area (Å²) >= 11 is 6.76. The van der Waals surface area contributed by atoms with Crippen LogP contribution >= 0.6 is 22.9 Å². The monoisotopic (exact) mass is 454 g/mol. The van der Waals surface area contributed by atoms with Gasteiger partial charge in [0.05, 0.1) is 16.1 Å². The molecule has 0 spiro atoms. The van der Waals surface area contributed by atoms with Crippen LogP contribution in [0.2, 0.25) is 5.02 Å². The highest BCUT2D eigenvalue weighted by atomic mass is 35.5. The van der Waals surface area contributed by atoms with E-state index in [2.05, 4.69) is 10.3 Å². The van der Waals surface area contributed by atoms with Gasteiger partial charge in [0, 0.05) is 17.5 Å². The Morgan fingerprint density at radius 3 is 2.73 bits per heavy atom. The van der Waals surface area contributed by atoms with E-state index in [1.165, 1.54) is 18.3 Å². The largest absolute Gasteiger partial charge is 0.483 e. The Morgan fingerprint density at radius 2 is 2.00 bits per heavy atom. The van der Waals surface area contributed by atoms with Gasteiger partial charge in [-0.3, -0.25) is 14.9 Å². The Balaban J connectivity index is 1.60. The van der Waals surface area contributed by atoms with E-state index in [0.717, 1.165) is 17.4 Å². The van der Waals surface area contributed by atoms with Gasteiger partial charge in [-0.25, -0.2) is 4.98 Å². The Hall–Kier alpha value is -2.91. The second-order valence-corrected chi connectivity index (χ2v) is 7.64. The quantitative estimate of drug-likeness (QED) is 0.496. The molecule has 5 nitrogen and oxygen atoms in total. The molecule has 3 aromatic rings. The van der Waals surface area contributed by atoms with Crippen LogP contribution in [0, 0.1) is 0 Å². The maximum absolute atomic E-state index is 13.0. The predicted molar refractivity (Wildman–Crippen MR) is 107 cm³/mol. The summed E-state index contributed by atoms with van der Waals surface area (Å²) < 4.78 is 44.3. The molecule has 0 fully saturated rings. The smallest absolute Gasteiger partial charge is 0.417 e. The minimum atomic E-state index is -4.54. The maximum atomic E-state index is 13.0. The molecule has 0 unspecified atom stereocenters. The first-order chi connectivity index (χ1) is 14.3. The lowest BCUT2D eigenvalue weighted by atomic mass is 10.1. The SMILES string of the molecule is O=Cc1ccccc1OCC(=O)Nc1ncc(Cc2ccc(Cl)c(C(F)(F)F)c2)s1. The van der Waals surface area contributed by atoms with Gasteiger partial charge in [-0.2, -0.15) is 13.2 Å². The summed E-state index contributed by atoms with van der Waals surface area (Å²) in [6, 6.07) is 10.2. The van der Waals surface area contributed by atoms with E-state index in [1.807, 2.05) is 0 Å². The first-order valence-corrected chi connectivity index (χ1v) is 9.73. The molecule has 10 heteroatoms. The summed E-state index contributed by atoms with van der Waals surface area (Å²) in [5.74, 6) is -0.201. The fraction of sp³-hybridized carbons (Fsp3) is 0.150. The van der Waals surface area contributed by atoms with Gasteiger partial charge in [0.1, 0.15) is 5.75 Å². The van der Waals surface area contributed by atoms with Gasteiger partial charge in [-0.1, -0.05) is 29.8 Å². The Labute approximate surface area is 178 Å². The number of amides is 1. The third-order valence-corrected chi connectivity index (χ3v) is 5.16. The number of para-hydroxylation sites is 1. The van der Waals surface area contributed by atoms with Gasteiger partial charge in [0.15, 0.2) is 18.0 Å². The van der Waals surface area contributed by atoms with Crippen molar-refractivity contribution >= 4 is 40.3 Å². The average Bonchev–Trinajstić information content (AvgIpc) is 3.13. The molecule has 0 bridgehead atoms. The van der Waals surface area contributed by atoms with Crippen LogP contribution in [-0.2, 0) is 17.4 Å². The summed E-state index contributed by atoms with van der Waals surface area (Å²) in [7, 11) is 0. The fourth-order valence-electron chi connectivity index (χ4n) is 2.56. The topological polar surface area (TPSA) is 68.3 Å². The van der Waals surface area contributed by atoms with Crippen LogP contribution in [0.4, 0.5) is 18.3 Å². The number of hydrogen-bond donors (Lipinski definition) is 1. The number of hydrogen-bond acceptors (Lipinski definition) is 5. The Kier molecular flexibility index (Phi) is 6.73. The molecule has 0 saturated carbocycles. The van der Waals surface area contributed by atoms with Crippen molar-refractivity contribution in [1.82, 2.24) is 4.98 Å². The van der Waals surface area contributed by atoms with Crippen molar-refractivity contribution in [2.45, 2.75) is 12.6 Å². The van der Waals surface area contributed by atoms with Crippen molar-refractivity contribution in [2.75, 3.05) is 11.9 Å². The van der Waals surface area contributed by atoms with Gasteiger partial charge < -0.3 is 4.74 Å². The fourth-order valence-corrected chi connectivity index (χ4v) is 3.64. The van der Waals surface area contributed by atoms with E-state index < -0.39 is 17.6 Å². The summed E-state index contributed by atoms with van der Waals surface area (Å²) in [4.78, 5) is 27.7. The van der Waals surface area contributed by atoms with E-state index in [4.69, 9.17) is 16.3 Å². The van der Waals surface area contributed by atoms with E-state index in [9.17, 15) is 22.8 Å². The minimum absolute atomic E-state index is 0.205. The highest BCUT2D eigenvalue weighted by molar-refractivity contribution is 7.15. The number of aldehydes is 1. The summed E-state index contributed by atoms with van der Waals surface area (Å²) in [5, 5.41) is 2.48. The number of ether oxygens (including phenoxy) is 1. The van der Waals surface area contributed by atoms with Crippen molar-refractivity contribution in [3.05, 3.63) is 75.3 Å². The summed E-state index contributed by atoms with van der Waals surface area (Å²) in [6.07, 6.45) is -2.23. The summed E-state index contributed by atoms with van der Waals surface area (Å²) in [6.45, 7) is -0.327. The first kappa shape index (κ1) is 21.8. The zero-order chi connectivity index (χ0) is 21.7. The number of rotatable bonds is 7. The second-order valence-electron chi connectivity index (χ2n) is 6.11. The van der Waals surface area contributed by atoms with Crippen LogP contribution in [-0.4, -0.2) is 23.8 Å². The molecule has 0 aliphatic rings. The van der Waals surface area contributed by atoms with Crippen molar-refractivity contribution in [1.29, 1.82) is 0 Å². The van der Waals surface area contributed by atoms with Crippen molar-refractivity contribution in [3.8, 4) is 5.75 Å². The van der Waals surface area contributed by atoms with Crippen LogP contribution in [0.3, 0.4) is 0 Å². The number of aromatic nitrogens is 1. The van der Waals surface area contributed by atoms with E-state index >= 15 is 0 Å². The van der Waals surface area contributed by atoms with Crippen molar-refractivity contribution < 1.29 is 27.5 Å². The number of carbonyl (C=O) groups is 2. The van der Waals surface area contributed by atoms with Crippen molar-refractivity contribution in [2.24, 2.45) is 0 Å². The standard InChI is InChI=1S/C20H14ClF3N2O3S/c21-16-6-5-12(8-15(16)20(22,23)24)7-14-9-25-19(30-14)26-18(28)11-29-17-4-2-1-3-13(17)10-27/h1-6,8-10H,7,11H2,(H,25,26,28). The van der Waals surface area contributed by atoms with E-state index in [-0.39, 0.29) is 28.9 Å². The molecule has 0 saturated heterocycles. The lowest BCUT2D eigenvalue weighted by molar-refractivity contribution is -0.137. The Bertz CT molecular complexity index is 1070. The lowest BCUT2D eigenvalue weighted by Gasteiger charge is -2.10. The van der Waals surface area contributed by atoms with E-state index in [0.29, 0.717) is 22.3 Å². The minimum Gasteiger partial charge on any atom is -0.483 e. The molecule has 0 aliphatic carbocycles. The maximum Gasteiger partial charge on any atom is 0.417 e. The first-order valence-electron chi connectivity index (χ1n) is 8.53. The molecule has 1 aromatic heterocycles. The molecule has 3 rings (SSSR count). The molecule has 0 radical (unpaired) electrons. The number of nitrogens with zero attached hydrogens (tertiary/aromatic N) is 1. The molecule has 30 heavy (non-hydrogen) atoms. The molecule has 0 aliphatic heterocycles. The van der Waals surface area contributed by atoms with Gasteiger partial charge in [0.25, 0.3) is 5.91 Å². The number of benzene rings is 2. The average molecular weight is 455 g/mol. The summed E-state index contributed by atoms with van der Waals surface area (Å²) in [5.41, 5.74) is -0.155. The van der Waals surface area contributed by atoms with Gasteiger partial charge in [-0.05, 0) is 29.8 Å². The van der Waals surface area contributed by atoms with Crippen LogP contribution < -0.4 is 10.1 Å². The van der Waals surface area contributed by atoms with Crippen LogP contribution in [0.25, 0.3) is 0 Å². The molecule has 0 atom stereocenters. The second kappa shape index (κ2) is 9.27. The number of alkyl halides is 3. The highest BCUT2D eigenvalue weighted by Crippen LogP contribution is 2.35. The molecule has 2 aromatic carbocycles. The number of nitrogens with one attached hydrogen (secondary N) is 1. The molecule has 1 N–H and O–H groups in total. The van der Waals surface area contributed by atoms with Crippen LogP contribution in [0.5, 0.6) is 5.75 Å². The van der Waals surface area contributed by atoms with Gasteiger partial charge >= 0.3 is 6.18 Å². The zero-order valence-electron chi connectivity index (χ0n) is 15.2. The molecule has 156 valence electrons. The number of carbonyl (C=O) groups excluding carboxylic acids is 2. The van der Waals surface area contributed by atoms with Gasteiger partial charge in [0.2, 0.25) is 0 Å². The molecule has 1 heterocycles. The normalized spacial score (nSPS) is 11.2. The Morgan fingerprint density at radius 1 is 1.23 bits per heavy atom. The molecular formula is C20H14ClF3N2O3S. The number of anilines is 1. The highest BCUT2D eigenvalue weighted by Gasteiger charge is 2.33. The zero-order valence-corrected chi connectivity index (χ0v) is 16.8. The van der Waals surface area contributed by atoms with Crippen LogP contribution in [0.1, 0.15) is 26.4 Å². The van der Waals surface area contributed by atoms with Crippen molar-refractivity contribution in [3.63, 3.8) is 0 Å². The lowest BCUT2D eigenvalue weighted by Crippen LogP contribution is -2.20. The van der Waals surface area contributed by atoms with Gasteiger partial charge in [-0.15, -0.1) is 11.3 Å². The molecule has 1 amide bonds. The number of halogens is 4. The molecular weight excluding hydrogens is 441 g/mol. The van der Waals surface area contributed by atoms with E-state index in [1.54, 1.807) is 24.3 Å².